The van der Waals surface area contributed by atoms with Crippen molar-refractivity contribution in [3.05, 3.63) is 84.7 Å². The largest absolute Gasteiger partial charge is 0.347 e. The summed E-state index contributed by atoms with van der Waals surface area (Å²) in [7, 11) is 0. The number of likely N-dealkylation sites (tertiary alicyclic amines) is 2. The van der Waals surface area contributed by atoms with Crippen molar-refractivity contribution in [1.29, 1.82) is 0 Å². The predicted octanol–water partition coefficient (Wildman–Crippen LogP) is 6.26. The number of carbonyl (C=O) groups excluding carboxylic acids is 3. The topological polar surface area (TPSA) is 127 Å². The molecule has 0 bridgehead atoms. The van der Waals surface area contributed by atoms with Crippen LogP contribution in [-0.4, -0.2) is 67.1 Å². The van der Waals surface area contributed by atoms with Crippen LogP contribution >= 0.6 is 0 Å². The van der Waals surface area contributed by atoms with Crippen molar-refractivity contribution in [2.75, 3.05) is 6.54 Å². The van der Waals surface area contributed by atoms with Crippen LogP contribution in [0, 0.1) is 17.8 Å². The fraction of sp³-hybridized carbons (Fsp3) is 0.359. The van der Waals surface area contributed by atoms with Gasteiger partial charge in [-0.2, -0.15) is 0 Å². The summed E-state index contributed by atoms with van der Waals surface area (Å²) in [6.07, 6.45) is 8.01. The summed E-state index contributed by atoms with van der Waals surface area (Å²) in [4.78, 5) is 56.4. The second-order valence-corrected chi connectivity index (χ2v) is 14.2. The van der Waals surface area contributed by atoms with Crippen molar-refractivity contribution < 1.29 is 14.4 Å². The van der Waals surface area contributed by atoms with Crippen molar-refractivity contribution in [1.82, 2.24) is 35.1 Å². The molecule has 2 saturated heterocycles. The van der Waals surface area contributed by atoms with Crippen LogP contribution in [0.15, 0.2) is 73.1 Å². The number of fused-ring (bicyclic) bond motifs is 2. The first-order valence-electron chi connectivity index (χ1n) is 17.3. The number of carbonyl (C=O) groups is 3. The van der Waals surface area contributed by atoms with Crippen molar-refractivity contribution in [3.63, 3.8) is 0 Å². The number of piperidine rings is 1. The van der Waals surface area contributed by atoms with Crippen LogP contribution < -0.4 is 5.32 Å². The van der Waals surface area contributed by atoms with E-state index < -0.39 is 6.04 Å². The highest BCUT2D eigenvalue weighted by Crippen LogP contribution is 2.56. The van der Waals surface area contributed by atoms with E-state index in [1.807, 2.05) is 36.0 Å². The van der Waals surface area contributed by atoms with Gasteiger partial charge in [-0.25, -0.2) is 9.97 Å². The van der Waals surface area contributed by atoms with Crippen molar-refractivity contribution in [2.24, 2.45) is 17.8 Å². The van der Waals surface area contributed by atoms with Gasteiger partial charge in [0.2, 0.25) is 18.7 Å². The zero-order valence-electron chi connectivity index (χ0n) is 28.0. The van der Waals surface area contributed by atoms with E-state index in [0.29, 0.717) is 30.8 Å². The van der Waals surface area contributed by atoms with Gasteiger partial charge >= 0.3 is 0 Å². The number of aromatic amines is 2. The lowest BCUT2D eigenvalue weighted by Crippen LogP contribution is -2.48. The van der Waals surface area contributed by atoms with Gasteiger partial charge in [0.25, 0.3) is 0 Å². The maximum absolute atomic E-state index is 13.3. The van der Waals surface area contributed by atoms with Gasteiger partial charge in [0, 0.05) is 18.2 Å². The van der Waals surface area contributed by atoms with Gasteiger partial charge in [0.05, 0.1) is 35.9 Å². The number of aromatic nitrogens is 4. The molecule has 2 aromatic heterocycles. The van der Waals surface area contributed by atoms with Gasteiger partial charge in [-0.05, 0) is 76.6 Å². The van der Waals surface area contributed by atoms with Crippen LogP contribution in [0.4, 0.5) is 0 Å². The smallest absolute Gasteiger partial charge is 0.246 e. The van der Waals surface area contributed by atoms with E-state index >= 15 is 0 Å². The zero-order valence-corrected chi connectivity index (χ0v) is 28.0. The first kappa shape index (κ1) is 31.0. The number of nitrogens with zero attached hydrogens (tertiary/aromatic N) is 4. The highest BCUT2D eigenvalue weighted by molar-refractivity contribution is 5.90. The highest BCUT2D eigenvalue weighted by atomic mass is 16.2. The third kappa shape index (κ3) is 5.49. The van der Waals surface area contributed by atoms with E-state index in [4.69, 9.17) is 4.98 Å². The fourth-order valence-corrected chi connectivity index (χ4v) is 8.21. The molecule has 10 nitrogen and oxygen atoms in total. The lowest BCUT2D eigenvalue weighted by atomic mass is 9.98. The molecule has 0 radical (unpaired) electrons. The minimum absolute atomic E-state index is 0.00687. The maximum Gasteiger partial charge on any atom is 0.246 e. The molecule has 10 heteroatoms. The van der Waals surface area contributed by atoms with Crippen LogP contribution in [0.25, 0.3) is 44.4 Å². The van der Waals surface area contributed by atoms with E-state index in [0.717, 1.165) is 81.7 Å². The number of amides is 3. The fourth-order valence-electron chi connectivity index (χ4n) is 8.21. The minimum atomic E-state index is -0.548. The number of H-pyrrole nitrogens is 2. The molecule has 8 rings (SSSR count). The molecular formula is C39H41N7O3. The van der Waals surface area contributed by atoms with Crippen molar-refractivity contribution in [2.45, 2.75) is 64.2 Å². The van der Waals surface area contributed by atoms with Crippen molar-refractivity contribution >= 4 is 29.5 Å². The second kappa shape index (κ2) is 12.3. The van der Waals surface area contributed by atoms with E-state index in [2.05, 4.69) is 87.9 Å². The zero-order chi connectivity index (χ0) is 33.8. The second-order valence-electron chi connectivity index (χ2n) is 14.2. The van der Waals surface area contributed by atoms with Crippen molar-refractivity contribution in [3.8, 4) is 33.6 Å². The molecule has 6 atom stereocenters. The molecule has 250 valence electrons. The van der Waals surface area contributed by atoms with Crippen LogP contribution in [0.1, 0.15) is 63.8 Å². The Morgan fingerprint density at radius 2 is 1.47 bits per heavy atom. The Bertz CT molecular complexity index is 2030. The number of benzene rings is 3. The lowest BCUT2D eigenvalue weighted by molar-refractivity contribution is -0.137. The maximum atomic E-state index is 13.3. The summed E-state index contributed by atoms with van der Waals surface area (Å²) in [5, 5.41) is 4.97. The summed E-state index contributed by atoms with van der Waals surface area (Å²) in [5.74, 6) is 2.75. The standard InChI is InChI=1S/C39H41N7O3/c1-22(2)35(42-20-47)39(49)45-14-4-5-33(45)37-40-19-32(44-37)29-13-12-27-15-26(10-11-28(27)16-29)24-6-8-25(9-7-24)31-18-41-38(43-31)34-17-30-23(3)36(30)46(34)21-48/h6-13,15-16,18-23,30,33-36H,4-5,14,17H2,1-3H3,(H,40,44)(H,41,43)(H,42,47)/t23-,30?,33+,34?,35?,36?/m1/s1. The van der Waals surface area contributed by atoms with Gasteiger partial charge in [-0.3, -0.25) is 14.4 Å². The molecule has 1 saturated carbocycles. The molecule has 3 amide bonds. The molecule has 0 spiro atoms. The molecule has 4 unspecified atom stereocenters. The summed E-state index contributed by atoms with van der Waals surface area (Å²) >= 11 is 0. The molecule has 3 aliphatic rings. The Labute approximate surface area is 285 Å². The molecule has 3 aromatic carbocycles. The normalized spacial score (nSPS) is 23.6. The summed E-state index contributed by atoms with van der Waals surface area (Å²) in [6, 6.07) is 21.1. The Morgan fingerprint density at radius 3 is 2.14 bits per heavy atom. The monoisotopic (exact) mass is 655 g/mol. The molecule has 49 heavy (non-hydrogen) atoms. The van der Waals surface area contributed by atoms with Crippen LogP contribution in [0.2, 0.25) is 0 Å². The van der Waals surface area contributed by atoms with Gasteiger partial charge in [-0.15, -0.1) is 0 Å². The van der Waals surface area contributed by atoms with E-state index in [1.54, 1.807) is 0 Å². The molecular weight excluding hydrogens is 614 g/mol. The van der Waals surface area contributed by atoms with Gasteiger partial charge in [0.1, 0.15) is 17.7 Å². The molecule has 2 aliphatic heterocycles. The SMILES string of the molecule is CC(C)C(NC=O)C(=O)N1CCC[C@H]1c1ncc(-c2ccc3cc(-c4ccc(-c5cnc(C6CC7C([C@@H]7C)N6C=O)[nH]5)cc4)ccc3c2)[nH]1. The number of rotatable bonds is 10. The quantitative estimate of drug-likeness (QED) is 0.153. The van der Waals surface area contributed by atoms with Crippen LogP contribution in [0.3, 0.4) is 0 Å². The summed E-state index contributed by atoms with van der Waals surface area (Å²) < 4.78 is 0. The number of imidazole rings is 2. The highest BCUT2D eigenvalue weighted by Gasteiger charge is 2.59. The third-order valence-electron chi connectivity index (χ3n) is 11.1. The van der Waals surface area contributed by atoms with E-state index in [9.17, 15) is 14.4 Å². The van der Waals surface area contributed by atoms with Gasteiger partial charge in [-0.1, -0.05) is 69.3 Å². The van der Waals surface area contributed by atoms with Crippen LogP contribution in [-0.2, 0) is 14.4 Å². The van der Waals surface area contributed by atoms with Gasteiger partial charge < -0.3 is 25.1 Å². The molecule has 1 aliphatic carbocycles. The minimum Gasteiger partial charge on any atom is -0.347 e. The Balaban J connectivity index is 0.965. The molecule has 4 heterocycles. The predicted molar refractivity (Wildman–Crippen MR) is 188 cm³/mol. The average molecular weight is 656 g/mol. The average Bonchev–Trinajstić information content (AvgIpc) is 3.78. The molecule has 5 aromatic rings. The first-order chi connectivity index (χ1) is 23.8. The van der Waals surface area contributed by atoms with E-state index in [-0.39, 0.29) is 23.9 Å². The summed E-state index contributed by atoms with van der Waals surface area (Å²) in [5.41, 5.74) is 6.21. The first-order valence-corrected chi connectivity index (χ1v) is 17.3. The van der Waals surface area contributed by atoms with Crippen LogP contribution in [0.5, 0.6) is 0 Å². The lowest BCUT2D eigenvalue weighted by Gasteiger charge is -2.29. The van der Waals surface area contributed by atoms with E-state index in [1.165, 1.54) is 0 Å². The number of hydrogen-bond acceptors (Lipinski definition) is 5. The van der Waals surface area contributed by atoms with Gasteiger partial charge in [0.15, 0.2) is 0 Å². The third-order valence-corrected chi connectivity index (χ3v) is 11.1. The Kier molecular flexibility index (Phi) is 7.81. The number of nitrogens with one attached hydrogen (secondary N) is 3. The Morgan fingerprint density at radius 1 is 0.857 bits per heavy atom. The Hall–Kier alpha value is -5.25. The summed E-state index contributed by atoms with van der Waals surface area (Å²) in [6.45, 7) is 6.75. The molecule has 3 fully saturated rings. The number of hydrogen-bond donors (Lipinski definition) is 3. The molecule has 3 N–H and O–H groups in total.